The Morgan fingerprint density at radius 2 is 1.75 bits per heavy atom. The Hall–Kier alpha value is -3.83. The number of aliphatic carboxylic acids is 1. The van der Waals surface area contributed by atoms with Gasteiger partial charge in [0, 0.05) is 0 Å². The van der Waals surface area contributed by atoms with Gasteiger partial charge in [0.2, 0.25) is 0 Å². The molecular formula is C20H17F4N3O5. The van der Waals surface area contributed by atoms with Crippen LogP contribution in [-0.4, -0.2) is 37.4 Å². The minimum absolute atomic E-state index is 0.110. The van der Waals surface area contributed by atoms with Crippen LogP contribution in [0.25, 0.3) is 5.69 Å². The Bertz CT molecular complexity index is 1180. The van der Waals surface area contributed by atoms with Crippen molar-refractivity contribution in [2.45, 2.75) is 32.4 Å². The molecule has 0 fully saturated rings. The third kappa shape index (κ3) is 5.25. The Morgan fingerprint density at radius 3 is 2.31 bits per heavy atom. The number of hydrogen-bond acceptors (Lipinski definition) is 5. The van der Waals surface area contributed by atoms with E-state index >= 15 is 0 Å². The van der Waals surface area contributed by atoms with Gasteiger partial charge in [0.25, 0.3) is 0 Å². The molecule has 32 heavy (non-hydrogen) atoms. The molecule has 0 aliphatic carbocycles. The van der Waals surface area contributed by atoms with Gasteiger partial charge in [0.15, 0.2) is 17.2 Å². The second-order valence-corrected chi connectivity index (χ2v) is 7.17. The molecule has 1 aromatic heterocycles. The number of carbonyl (C=O) groups is 1. The molecule has 0 unspecified atom stereocenters. The number of nitrogens with zero attached hydrogens (tertiary/aromatic N) is 3. The summed E-state index contributed by atoms with van der Waals surface area (Å²) in [6.07, 6.45) is -3.66. The molecule has 0 saturated heterocycles. The summed E-state index contributed by atoms with van der Waals surface area (Å²) in [6.45, 7) is 2.44. The smallest absolute Gasteiger partial charge is 0.478 e. The average molecular weight is 455 g/mol. The first kappa shape index (κ1) is 22.8. The normalized spacial score (nSPS) is 11.9. The zero-order valence-electron chi connectivity index (χ0n) is 16.8. The van der Waals surface area contributed by atoms with Crippen molar-refractivity contribution in [3.8, 4) is 17.2 Å². The minimum Gasteiger partial charge on any atom is -0.478 e. The SMILES string of the molecule is CC(C)(Oc1ccc(Cn2ncn(-c3ccc(OC(F)(F)F)cc3)c2=O)cc1F)C(=O)O. The molecule has 0 radical (unpaired) electrons. The number of ether oxygens (including phenoxy) is 2. The zero-order valence-corrected chi connectivity index (χ0v) is 16.8. The summed E-state index contributed by atoms with van der Waals surface area (Å²) < 4.78 is 62.2. The molecule has 0 aliphatic heterocycles. The Labute approximate surface area is 178 Å². The van der Waals surface area contributed by atoms with Gasteiger partial charge in [-0.05, 0) is 55.8 Å². The maximum absolute atomic E-state index is 14.3. The summed E-state index contributed by atoms with van der Waals surface area (Å²) in [4.78, 5) is 23.7. The molecule has 3 aromatic rings. The highest BCUT2D eigenvalue weighted by atomic mass is 19.4. The number of rotatable bonds is 7. The Morgan fingerprint density at radius 1 is 1.09 bits per heavy atom. The van der Waals surface area contributed by atoms with Gasteiger partial charge in [-0.3, -0.25) is 0 Å². The van der Waals surface area contributed by atoms with Crippen LogP contribution in [0.2, 0.25) is 0 Å². The second-order valence-electron chi connectivity index (χ2n) is 7.17. The van der Waals surface area contributed by atoms with Gasteiger partial charge in [-0.2, -0.15) is 5.10 Å². The van der Waals surface area contributed by atoms with E-state index in [1.807, 2.05) is 0 Å². The van der Waals surface area contributed by atoms with Crippen molar-refractivity contribution in [1.29, 1.82) is 0 Å². The highest BCUT2D eigenvalue weighted by molar-refractivity contribution is 5.76. The van der Waals surface area contributed by atoms with E-state index in [4.69, 9.17) is 9.84 Å². The minimum atomic E-state index is -4.83. The predicted molar refractivity (Wildman–Crippen MR) is 102 cm³/mol. The molecule has 0 aliphatic rings. The second kappa shape index (κ2) is 8.36. The lowest BCUT2D eigenvalue weighted by Gasteiger charge is -2.21. The molecule has 170 valence electrons. The van der Waals surface area contributed by atoms with E-state index in [0.29, 0.717) is 5.56 Å². The molecule has 3 rings (SSSR count). The third-order valence-corrected chi connectivity index (χ3v) is 4.29. The van der Waals surface area contributed by atoms with Crippen LogP contribution in [0.4, 0.5) is 17.6 Å². The van der Waals surface area contributed by atoms with Gasteiger partial charge in [-0.15, -0.1) is 13.2 Å². The fourth-order valence-electron chi connectivity index (χ4n) is 2.65. The highest BCUT2D eigenvalue weighted by Gasteiger charge is 2.31. The lowest BCUT2D eigenvalue weighted by molar-refractivity contribution is -0.274. The number of carboxylic acid groups (broad SMARTS) is 1. The van der Waals surface area contributed by atoms with Crippen LogP contribution in [0.1, 0.15) is 19.4 Å². The predicted octanol–water partition coefficient (Wildman–Crippen LogP) is 3.36. The molecule has 0 saturated carbocycles. The van der Waals surface area contributed by atoms with Crippen LogP contribution >= 0.6 is 0 Å². The molecule has 0 spiro atoms. The fraction of sp³-hybridized carbons (Fsp3) is 0.250. The van der Waals surface area contributed by atoms with Crippen LogP contribution in [0.3, 0.4) is 0 Å². The molecule has 1 heterocycles. The molecule has 12 heteroatoms. The average Bonchev–Trinajstić information content (AvgIpc) is 3.03. The number of benzene rings is 2. The lowest BCUT2D eigenvalue weighted by atomic mass is 10.1. The molecule has 1 N–H and O–H groups in total. The van der Waals surface area contributed by atoms with Gasteiger partial charge in [-0.25, -0.2) is 23.2 Å². The largest absolute Gasteiger partial charge is 0.573 e. The first-order valence-corrected chi connectivity index (χ1v) is 9.07. The maximum Gasteiger partial charge on any atom is 0.573 e. The Kier molecular flexibility index (Phi) is 5.97. The van der Waals surface area contributed by atoms with Crippen molar-refractivity contribution in [3.63, 3.8) is 0 Å². The molecular weight excluding hydrogens is 438 g/mol. The lowest BCUT2D eigenvalue weighted by Crippen LogP contribution is -2.38. The van der Waals surface area contributed by atoms with E-state index in [1.165, 1.54) is 44.4 Å². The van der Waals surface area contributed by atoms with Crippen LogP contribution < -0.4 is 15.2 Å². The molecule has 2 aromatic carbocycles. The summed E-state index contributed by atoms with van der Waals surface area (Å²) in [7, 11) is 0. The van der Waals surface area contributed by atoms with E-state index in [2.05, 4.69) is 9.84 Å². The number of aromatic nitrogens is 3. The molecule has 0 atom stereocenters. The van der Waals surface area contributed by atoms with Crippen LogP contribution in [-0.2, 0) is 11.3 Å². The van der Waals surface area contributed by atoms with Crippen LogP contribution in [0.5, 0.6) is 11.5 Å². The third-order valence-electron chi connectivity index (χ3n) is 4.29. The van der Waals surface area contributed by atoms with Crippen molar-refractivity contribution >= 4 is 5.97 Å². The summed E-state index contributed by atoms with van der Waals surface area (Å²) in [5, 5.41) is 13.0. The van der Waals surface area contributed by atoms with E-state index in [-0.39, 0.29) is 18.0 Å². The van der Waals surface area contributed by atoms with E-state index < -0.39 is 35.2 Å². The first-order valence-electron chi connectivity index (χ1n) is 9.07. The summed E-state index contributed by atoms with van der Waals surface area (Å²) >= 11 is 0. The van der Waals surface area contributed by atoms with Crippen molar-refractivity contribution in [3.05, 3.63) is 70.7 Å². The monoisotopic (exact) mass is 455 g/mol. The van der Waals surface area contributed by atoms with Gasteiger partial charge < -0.3 is 14.6 Å². The van der Waals surface area contributed by atoms with Gasteiger partial charge in [-0.1, -0.05) is 6.07 Å². The van der Waals surface area contributed by atoms with Crippen molar-refractivity contribution in [1.82, 2.24) is 14.3 Å². The number of alkyl halides is 3. The van der Waals surface area contributed by atoms with Gasteiger partial charge in [0.05, 0.1) is 12.2 Å². The van der Waals surface area contributed by atoms with Gasteiger partial charge >= 0.3 is 18.0 Å². The summed E-state index contributed by atoms with van der Waals surface area (Å²) in [5.41, 5.74) is -1.65. The fourth-order valence-corrected chi connectivity index (χ4v) is 2.65. The summed E-state index contributed by atoms with van der Waals surface area (Å²) in [6, 6.07) is 8.40. The molecule has 0 bridgehead atoms. The quantitative estimate of drug-likeness (QED) is 0.549. The Balaban J connectivity index is 1.77. The topological polar surface area (TPSA) is 95.6 Å². The van der Waals surface area contributed by atoms with Crippen molar-refractivity contribution in [2.24, 2.45) is 0 Å². The van der Waals surface area contributed by atoms with Crippen molar-refractivity contribution < 1.29 is 36.9 Å². The van der Waals surface area contributed by atoms with E-state index in [9.17, 15) is 27.2 Å². The number of halogens is 4. The summed E-state index contributed by atoms with van der Waals surface area (Å²) in [5.74, 6) is -2.79. The highest BCUT2D eigenvalue weighted by Crippen LogP contribution is 2.25. The number of carboxylic acids is 1. The first-order chi connectivity index (χ1) is 14.9. The molecule has 0 amide bonds. The standard InChI is InChI=1S/C20H17F4N3O5/c1-19(2,17(28)29)32-16-8-3-12(9-15(16)21)10-27-18(30)26(11-25-27)13-4-6-14(7-5-13)31-20(22,23)24/h3-9,11H,10H2,1-2H3,(H,28,29). The van der Waals surface area contributed by atoms with E-state index in [1.54, 1.807) is 0 Å². The molecule has 8 nitrogen and oxygen atoms in total. The van der Waals surface area contributed by atoms with Crippen LogP contribution in [0, 0.1) is 5.82 Å². The zero-order chi connectivity index (χ0) is 23.7. The van der Waals surface area contributed by atoms with E-state index in [0.717, 1.165) is 27.4 Å². The number of hydrogen-bond donors (Lipinski definition) is 1. The maximum atomic E-state index is 14.3. The van der Waals surface area contributed by atoms with Crippen molar-refractivity contribution in [2.75, 3.05) is 0 Å². The van der Waals surface area contributed by atoms with Crippen LogP contribution in [0.15, 0.2) is 53.6 Å². The van der Waals surface area contributed by atoms with Gasteiger partial charge in [0.1, 0.15) is 12.1 Å².